The van der Waals surface area contributed by atoms with Crippen LogP contribution in [0.1, 0.15) is 11.1 Å². The van der Waals surface area contributed by atoms with Gasteiger partial charge in [0.15, 0.2) is 0 Å². The van der Waals surface area contributed by atoms with Crippen LogP contribution in [0.15, 0.2) is 40.9 Å². The Hall–Kier alpha value is -0.610. The second kappa shape index (κ2) is 7.59. The molecule has 0 spiro atoms. The maximum atomic E-state index is 13.4. The van der Waals surface area contributed by atoms with Crippen molar-refractivity contribution in [1.29, 1.82) is 0 Å². The molecule has 2 aromatic rings. The lowest BCUT2D eigenvalue weighted by Gasteiger charge is -2.18. The molecule has 0 fully saturated rings. The lowest BCUT2D eigenvalue weighted by atomic mass is 9.99. The minimum absolute atomic E-state index is 0.121. The van der Waals surface area contributed by atoms with E-state index in [9.17, 15) is 4.39 Å². The molecule has 112 valence electrons. The molecule has 0 aliphatic carbocycles. The monoisotopic (exact) mass is 389 g/mol. The zero-order valence-corrected chi connectivity index (χ0v) is 14.6. The second-order valence-electron chi connectivity index (χ2n) is 4.87. The number of nitrogens with one attached hydrogen (secondary N) is 1. The standard InChI is InChI=1S/C16H15BrCl2FN/c1-21-13(7-10-5-11(17)8-12(20)6-10)9-14-15(18)3-2-4-16(14)19/h2-6,8,13,21H,7,9H2,1H3. The van der Waals surface area contributed by atoms with Crippen LogP contribution >= 0.6 is 39.1 Å². The lowest BCUT2D eigenvalue weighted by Crippen LogP contribution is -2.30. The number of halogens is 4. The van der Waals surface area contributed by atoms with Crippen molar-refractivity contribution in [2.24, 2.45) is 0 Å². The maximum absolute atomic E-state index is 13.4. The van der Waals surface area contributed by atoms with Gasteiger partial charge in [0, 0.05) is 20.6 Å². The fraction of sp³-hybridized carbons (Fsp3) is 0.250. The van der Waals surface area contributed by atoms with Crippen molar-refractivity contribution in [3.05, 3.63) is 67.9 Å². The van der Waals surface area contributed by atoms with E-state index in [1.54, 1.807) is 6.07 Å². The lowest BCUT2D eigenvalue weighted by molar-refractivity contribution is 0.552. The van der Waals surface area contributed by atoms with Gasteiger partial charge >= 0.3 is 0 Å². The van der Waals surface area contributed by atoms with Crippen molar-refractivity contribution in [1.82, 2.24) is 5.32 Å². The molecular formula is C16H15BrCl2FN. The van der Waals surface area contributed by atoms with Gasteiger partial charge in [-0.2, -0.15) is 0 Å². The van der Waals surface area contributed by atoms with Crippen LogP contribution in [0, 0.1) is 5.82 Å². The number of hydrogen-bond acceptors (Lipinski definition) is 1. The van der Waals surface area contributed by atoms with Crippen molar-refractivity contribution in [3.8, 4) is 0 Å². The Morgan fingerprint density at radius 3 is 2.38 bits per heavy atom. The quantitative estimate of drug-likeness (QED) is 0.733. The van der Waals surface area contributed by atoms with Crippen molar-refractivity contribution in [2.75, 3.05) is 7.05 Å². The molecule has 1 atom stereocenters. The minimum Gasteiger partial charge on any atom is -0.316 e. The molecule has 2 aromatic carbocycles. The van der Waals surface area contributed by atoms with E-state index in [0.29, 0.717) is 22.9 Å². The Balaban J connectivity index is 2.17. The summed E-state index contributed by atoms with van der Waals surface area (Å²) in [5.74, 6) is -0.245. The normalized spacial score (nSPS) is 12.4. The van der Waals surface area contributed by atoms with Gasteiger partial charge in [-0.25, -0.2) is 4.39 Å². The molecule has 1 nitrogen and oxygen atoms in total. The van der Waals surface area contributed by atoms with Crippen molar-refractivity contribution < 1.29 is 4.39 Å². The molecule has 1 unspecified atom stereocenters. The van der Waals surface area contributed by atoms with E-state index in [1.165, 1.54) is 6.07 Å². The zero-order chi connectivity index (χ0) is 15.4. The van der Waals surface area contributed by atoms with Crippen LogP contribution in [-0.2, 0) is 12.8 Å². The third-order valence-electron chi connectivity index (χ3n) is 3.32. The first-order valence-corrected chi connectivity index (χ1v) is 8.09. The Bertz CT molecular complexity index is 593. The van der Waals surface area contributed by atoms with Gasteiger partial charge in [0.1, 0.15) is 5.82 Å². The average molecular weight is 391 g/mol. The highest BCUT2D eigenvalue weighted by atomic mass is 79.9. The van der Waals surface area contributed by atoms with Gasteiger partial charge in [-0.1, -0.05) is 45.2 Å². The summed E-state index contributed by atoms with van der Waals surface area (Å²) in [7, 11) is 1.88. The molecule has 0 saturated heterocycles. The van der Waals surface area contributed by atoms with Crippen LogP contribution < -0.4 is 5.32 Å². The van der Waals surface area contributed by atoms with E-state index in [2.05, 4.69) is 21.2 Å². The molecule has 0 aromatic heterocycles. The van der Waals surface area contributed by atoms with Crippen LogP contribution in [0.5, 0.6) is 0 Å². The predicted octanol–water partition coefficient (Wildman–Crippen LogP) is 5.27. The summed E-state index contributed by atoms with van der Waals surface area (Å²) in [4.78, 5) is 0. The number of likely N-dealkylation sites (N-methyl/N-ethyl adjacent to an activating group) is 1. The average Bonchev–Trinajstić information content (AvgIpc) is 2.40. The predicted molar refractivity (Wildman–Crippen MR) is 90.8 cm³/mol. The van der Waals surface area contributed by atoms with E-state index in [4.69, 9.17) is 23.2 Å². The molecule has 5 heteroatoms. The highest BCUT2D eigenvalue weighted by Crippen LogP contribution is 2.26. The molecule has 0 aliphatic heterocycles. The smallest absolute Gasteiger partial charge is 0.124 e. The van der Waals surface area contributed by atoms with Crippen LogP contribution in [0.2, 0.25) is 10.0 Å². The van der Waals surface area contributed by atoms with Gasteiger partial charge < -0.3 is 5.32 Å². The Kier molecular flexibility index (Phi) is 6.06. The van der Waals surface area contributed by atoms with Crippen molar-refractivity contribution >= 4 is 39.1 Å². The van der Waals surface area contributed by atoms with Crippen LogP contribution in [0.25, 0.3) is 0 Å². The number of benzene rings is 2. The van der Waals surface area contributed by atoms with E-state index >= 15 is 0 Å². The molecule has 2 rings (SSSR count). The molecule has 0 saturated carbocycles. The highest BCUT2D eigenvalue weighted by Gasteiger charge is 2.14. The molecule has 0 amide bonds. The molecule has 1 N–H and O–H groups in total. The SMILES string of the molecule is CNC(Cc1cc(F)cc(Br)c1)Cc1c(Cl)cccc1Cl. The Morgan fingerprint density at radius 2 is 1.81 bits per heavy atom. The summed E-state index contributed by atoms with van der Waals surface area (Å²) >= 11 is 15.7. The summed E-state index contributed by atoms with van der Waals surface area (Å²) < 4.78 is 14.2. The third kappa shape index (κ3) is 4.68. The number of rotatable bonds is 5. The molecule has 21 heavy (non-hydrogen) atoms. The highest BCUT2D eigenvalue weighted by molar-refractivity contribution is 9.10. The molecule has 0 heterocycles. The second-order valence-corrected chi connectivity index (χ2v) is 6.60. The summed E-state index contributed by atoms with van der Waals surface area (Å²) in [6.45, 7) is 0. The molecule has 0 bridgehead atoms. The van der Waals surface area contributed by atoms with Gasteiger partial charge in [-0.15, -0.1) is 0 Å². The fourth-order valence-electron chi connectivity index (χ4n) is 2.26. The Morgan fingerprint density at radius 1 is 1.14 bits per heavy atom. The maximum Gasteiger partial charge on any atom is 0.124 e. The van der Waals surface area contributed by atoms with E-state index in [-0.39, 0.29) is 11.9 Å². The van der Waals surface area contributed by atoms with Gasteiger partial charge in [0.25, 0.3) is 0 Å². The summed E-state index contributed by atoms with van der Waals surface area (Å²) in [5.41, 5.74) is 1.83. The van der Waals surface area contributed by atoms with Gasteiger partial charge in [-0.05, 0) is 61.3 Å². The summed E-state index contributed by atoms with van der Waals surface area (Å²) in [5, 5.41) is 4.55. The third-order valence-corrected chi connectivity index (χ3v) is 4.49. The molecule has 0 aliphatic rings. The largest absolute Gasteiger partial charge is 0.316 e. The van der Waals surface area contributed by atoms with Gasteiger partial charge in [0.05, 0.1) is 0 Å². The summed E-state index contributed by atoms with van der Waals surface area (Å²) in [6.07, 6.45) is 1.37. The van der Waals surface area contributed by atoms with E-state index in [0.717, 1.165) is 15.6 Å². The first-order valence-electron chi connectivity index (χ1n) is 6.54. The first kappa shape index (κ1) is 16.8. The minimum atomic E-state index is -0.245. The Labute approximate surface area is 142 Å². The van der Waals surface area contributed by atoms with E-state index < -0.39 is 0 Å². The van der Waals surface area contributed by atoms with Crippen LogP contribution in [-0.4, -0.2) is 13.1 Å². The van der Waals surface area contributed by atoms with Crippen LogP contribution in [0.4, 0.5) is 4.39 Å². The zero-order valence-electron chi connectivity index (χ0n) is 11.5. The molecular weight excluding hydrogens is 376 g/mol. The van der Waals surface area contributed by atoms with Crippen molar-refractivity contribution in [3.63, 3.8) is 0 Å². The fourth-order valence-corrected chi connectivity index (χ4v) is 3.33. The number of hydrogen-bond donors (Lipinski definition) is 1. The van der Waals surface area contributed by atoms with Crippen LogP contribution in [0.3, 0.4) is 0 Å². The molecule has 0 radical (unpaired) electrons. The first-order chi connectivity index (χ1) is 9.99. The van der Waals surface area contributed by atoms with Crippen molar-refractivity contribution in [2.45, 2.75) is 18.9 Å². The van der Waals surface area contributed by atoms with Gasteiger partial charge in [0.2, 0.25) is 0 Å². The van der Waals surface area contributed by atoms with E-state index in [1.807, 2.05) is 31.3 Å². The summed E-state index contributed by atoms with van der Waals surface area (Å²) in [6, 6.07) is 10.5. The van der Waals surface area contributed by atoms with Gasteiger partial charge in [-0.3, -0.25) is 0 Å². The topological polar surface area (TPSA) is 12.0 Å².